The third-order valence-electron chi connectivity index (χ3n) is 6.07. The van der Waals surface area contributed by atoms with Crippen LogP contribution in [0.4, 0.5) is 0 Å². The molecule has 4 unspecified atom stereocenters. The van der Waals surface area contributed by atoms with Gasteiger partial charge < -0.3 is 48.3 Å². The number of carboxylic acid groups (broad SMARTS) is 2. The number of hydrogen-bond acceptors (Lipinski definition) is 8. The summed E-state index contributed by atoms with van der Waals surface area (Å²) in [5, 5.41) is 26.1. The minimum absolute atomic E-state index is 0.0583. The van der Waals surface area contributed by atoms with E-state index in [1.165, 1.54) is 0 Å². The van der Waals surface area contributed by atoms with Gasteiger partial charge in [0.25, 0.3) is 0 Å². The lowest BCUT2D eigenvalue weighted by Crippen LogP contribution is -2.57. The zero-order valence-corrected chi connectivity index (χ0v) is 21.9. The van der Waals surface area contributed by atoms with Gasteiger partial charge in [-0.25, -0.2) is 4.79 Å². The fourth-order valence-corrected chi connectivity index (χ4v) is 3.94. The molecule has 0 bridgehead atoms. The zero-order chi connectivity index (χ0) is 30.7. The van der Waals surface area contributed by atoms with Gasteiger partial charge in [-0.15, -0.1) is 0 Å². The number of carbonyl (C=O) groups is 7. The van der Waals surface area contributed by atoms with Crippen molar-refractivity contribution in [3.63, 3.8) is 0 Å². The van der Waals surface area contributed by atoms with Gasteiger partial charge in [-0.2, -0.15) is 0 Å². The number of nitrogens with two attached hydrogens (primary N) is 3. The van der Waals surface area contributed by atoms with Crippen molar-refractivity contribution in [1.29, 1.82) is 0 Å². The van der Waals surface area contributed by atoms with Crippen molar-refractivity contribution >= 4 is 52.4 Å². The summed E-state index contributed by atoms with van der Waals surface area (Å²) in [6.45, 7) is 0. The van der Waals surface area contributed by atoms with Crippen molar-refractivity contribution in [1.82, 2.24) is 20.9 Å². The second-order valence-corrected chi connectivity index (χ2v) is 9.30. The first-order chi connectivity index (χ1) is 19.3. The fourth-order valence-electron chi connectivity index (χ4n) is 3.94. The number of amides is 5. The molecule has 41 heavy (non-hydrogen) atoms. The molecule has 4 atom stereocenters. The van der Waals surface area contributed by atoms with Crippen LogP contribution in [0.5, 0.6) is 0 Å². The highest BCUT2D eigenvalue weighted by Gasteiger charge is 2.32. The van der Waals surface area contributed by atoms with Gasteiger partial charge >= 0.3 is 11.9 Å². The summed E-state index contributed by atoms with van der Waals surface area (Å²) in [5.41, 5.74) is 17.7. The Bertz CT molecular complexity index is 1310. The van der Waals surface area contributed by atoms with Crippen LogP contribution in [0.15, 0.2) is 30.5 Å². The maximum atomic E-state index is 13.0. The van der Waals surface area contributed by atoms with Crippen LogP contribution >= 0.6 is 0 Å². The van der Waals surface area contributed by atoms with Crippen LogP contribution in [0.2, 0.25) is 0 Å². The molecule has 0 fully saturated rings. The second-order valence-electron chi connectivity index (χ2n) is 9.30. The molecule has 16 heteroatoms. The lowest BCUT2D eigenvalue weighted by atomic mass is 10.0. The Hall–Kier alpha value is -4.99. The number of carboxylic acids is 2. The minimum atomic E-state index is -1.68. The number of fused-ring (bicyclic) bond motifs is 1. The van der Waals surface area contributed by atoms with Crippen molar-refractivity contribution < 1.29 is 43.8 Å². The molecule has 0 spiro atoms. The van der Waals surface area contributed by atoms with E-state index < -0.39 is 78.5 Å². The Morgan fingerprint density at radius 1 is 0.780 bits per heavy atom. The largest absolute Gasteiger partial charge is 0.481 e. The number of rotatable bonds is 17. The van der Waals surface area contributed by atoms with E-state index >= 15 is 0 Å². The van der Waals surface area contributed by atoms with E-state index in [1.807, 2.05) is 18.2 Å². The summed E-state index contributed by atoms with van der Waals surface area (Å²) in [7, 11) is 0. The molecule has 222 valence electrons. The van der Waals surface area contributed by atoms with Crippen LogP contribution in [0, 0.1) is 0 Å². The van der Waals surface area contributed by atoms with Crippen LogP contribution in [-0.4, -0.2) is 80.8 Å². The number of nitrogens with one attached hydrogen (secondary N) is 4. The summed E-state index contributed by atoms with van der Waals surface area (Å²) in [6, 6.07) is 1.34. The van der Waals surface area contributed by atoms with E-state index in [0.717, 1.165) is 16.5 Å². The molecule has 0 radical (unpaired) electrons. The van der Waals surface area contributed by atoms with E-state index in [0.29, 0.717) is 0 Å². The molecule has 2 aromatic rings. The molecule has 0 aliphatic rings. The van der Waals surface area contributed by atoms with Crippen LogP contribution < -0.4 is 33.2 Å². The fraction of sp³-hybridized carbons (Fsp3) is 0.400. The first-order valence-corrected chi connectivity index (χ1v) is 12.5. The first kappa shape index (κ1) is 32.2. The highest BCUT2D eigenvalue weighted by molar-refractivity contribution is 5.96. The number of aromatic amines is 1. The Morgan fingerprint density at radius 2 is 1.32 bits per heavy atom. The predicted octanol–water partition coefficient (Wildman–Crippen LogP) is -2.42. The normalized spacial score (nSPS) is 13.8. The monoisotopic (exact) mass is 575 g/mol. The zero-order valence-electron chi connectivity index (χ0n) is 21.9. The Balaban J connectivity index is 2.15. The quantitative estimate of drug-likeness (QED) is 0.0961. The van der Waals surface area contributed by atoms with Crippen molar-refractivity contribution in [3.05, 3.63) is 36.0 Å². The Morgan fingerprint density at radius 3 is 1.90 bits per heavy atom. The van der Waals surface area contributed by atoms with Crippen LogP contribution in [0.25, 0.3) is 10.9 Å². The summed E-state index contributed by atoms with van der Waals surface area (Å²) >= 11 is 0. The summed E-state index contributed by atoms with van der Waals surface area (Å²) in [5.74, 6) is -7.57. The molecule has 0 aliphatic heterocycles. The molecule has 1 heterocycles. The van der Waals surface area contributed by atoms with Gasteiger partial charge in [-0.05, 0) is 30.9 Å². The molecule has 0 aliphatic carbocycles. The molecule has 5 amide bonds. The first-order valence-electron chi connectivity index (χ1n) is 12.5. The average Bonchev–Trinajstić information content (AvgIpc) is 3.30. The molecule has 16 nitrogen and oxygen atoms in total. The SMILES string of the molecule is NC(=O)CCC(NC(=O)C(CCC(N)=O)NC(=O)C(CC(=O)O)NC(=O)C(N)Cc1c[nH]c2ccccc12)C(=O)O. The van der Waals surface area contributed by atoms with Crippen molar-refractivity contribution in [2.45, 2.75) is 62.7 Å². The number of para-hydroxylation sites is 1. The minimum Gasteiger partial charge on any atom is -0.481 e. The van der Waals surface area contributed by atoms with E-state index in [1.54, 1.807) is 12.3 Å². The van der Waals surface area contributed by atoms with E-state index in [-0.39, 0.29) is 25.7 Å². The maximum absolute atomic E-state index is 13.0. The molecule has 12 N–H and O–H groups in total. The van der Waals surface area contributed by atoms with Gasteiger partial charge in [0.1, 0.15) is 18.1 Å². The highest BCUT2D eigenvalue weighted by atomic mass is 16.4. The molecular formula is C25H33N7O9. The van der Waals surface area contributed by atoms with E-state index in [4.69, 9.17) is 17.2 Å². The number of hydrogen-bond donors (Lipinski definition) is 9. The number of aliphatic carboxylic acids is 2. The molecule has 0 saturated heterocycles. The van der Waals surface area contributed by atoms with Crippen LogP contribution in [0.1, 0.15) is 37.7 Å². The number of H-pyrrole nitrogens is 1. The van der Waals surface area contributed by atoms with Gasteiger partial charge in [0, 0.05) is 29.9 Å². The second kappa shape index (κ2) is 15.0. The predicted molar refractivity (Wildman–Crippen MR) is 143 cm³/mol. The third-order valence-corrected chi connectivity index (χ3v) is 6.07. The van der Waals surface area contributed by atoms with E-state index in [2.05, 4.69) is 20.9 Å². The number of primary amides is 2. The third kappa shape index (κ3) is 10.2. The van der Waals surface area contributed by atoms with Crippen LogP contribution in [0.3, 0.4) is 0 Å². The van der Waals surface area contributed by atoms with Crippen LogP contribution in [-0.2, 0) is 40.0 Å². The average molecular weight is 576 g/mol. The molecule has 1 aromatic carbocycles. The van der Waals surface area contributed by atoms with Gasteiger partial charge in [-0.3, -0.25) is 28.8 Å². The topological polar surface area (TPSA) is 290 Å². The standard InChI is InChI=1S/C25H33N7O9/c26-14(9-12-11-29-15-4-2-1-3-13(12)15)22(37)32-18(10-21(35)36)24(39)30-16(5-7-19(27)33)23(38)31-17(25(40)41)6-8-20(28)34/h1-4,11,14,16-18,29H,5-10,26H2,(H2,27,33)(H2,28,34)(H,30,39)(H,31,38)(H,32,37)(H,35,36)(H,40,41). The number of carbonyl (C=O) groups excluding carboxylic acids is 5. The van der Waals surface area contributed by atoms with Crippen molar-refractivity contribution in [3.8, 4) is 0 Å². The summed E-state index contributed by atoms with van der Waals surface area (Å²) in [4.78, 5) is 87.0. The molecule has 2 rings (SSSR count). The van der Waals surface area contributed by atoms with Crippen molar-refractivity contribution in [2.24, 2.45) is 17.2 Å². The van der Waals surface area contributed by atoms with Gasteiger partial charge in [-0.1, -0.05) is 18.2 Å². The lowest BCUT2D eigenvalue weighted by molar-refractivity contribution is -0.143. The Labute approximate surface area is 233 Å². The molecular weight excluding hydrogens is 542 g/mol. The molecule has 1 aromatic heterocycles. The van der Waals surface area contributed by atoms with Crippen molar-refractivity contribution in [2.75, 3.05) is 0 Å². The Kier molecular flexibility index (Phi) is 11.8. The lowest BCUT2D eigenvalue weighted by Gasteiger charge is -2.24. The summed E-state index contributed by atoms with van der Waals surface area (Å²) < 4.78 is 0. The van der Waals surface area contributed by atoms with Gasteiger partial charge in [0.15, 0.2) is 0 Å². The number of aromatic nitrogens is 1. The highest BCUT2D eigenvalue weighted by Crippen LogP contribution is 2.18. The van der Waals surface area contributed by atoms with E-state index in [9.17, 15) is 43.8 Å². The van der Waals surface area contributed by atoms with Gasteiger partial charge in [0.05, 0.1) is 12.5 Å². The maximum Gasteiger partial charge on any atom is 0.326 e. The smallest absolute Gasteiger partial charge is 0.326 e. The number of benzene rings is 1. The van der Waals surface area contributed by atoms with Gasteiger partial charge in [0.2, 0.25) is 29.5 Å². The molecule has 0 saturated carbocycles. The summed E-state index contributed by atoms with van der Waals surface area (Å²) in [6.07, 6.45) is -0.624.